The highest BCUT2D eigenvalue weighted by atomic mass is 16.5. The second-order valence-corrected chi connectivity index (χ2v) is 3.32. The van der Waals surface area contributed by atoms with Crippen molar-refractivity contribution >= 4 is 11.0 Å². The lowest BCUT2D eigenvalue weighted by Gasteiger charge is -1.99. The van der Waals surface area contributed by atoms with Gasteiger partial charge in [-0.3, -0.25) is 0 Å². The molecule has 0 aliphatic carbocycles. The van der Waals surface area contributed by atoms with E-state index in [4.69, 9.17) is 14.9 Å². The van der Waals surface area contributed by atoms with E-state index in [1.165, 1.54) is 0 Å². The van der Waals surface area contributed by atoms with Gasteiger partial charge in [-0.05, 0) is 19.1 Å². The minimum absolute atomic E-state index is 0.0906. The molecule has 74 valence electrons. The van der Waals surface area contributed by atoms with E-state index in [9.17, 15) is 0 Å². The molecule has 0 bridgehead atoms. The molecule has 3 nitrogen and oxygen atoms in total. The zero-order valence-corrected chi connectivity index (χ0v) is 8.28. The van der Waals surface area contributed by atoms with Crippen LogP contribution in [-0.4, -0.2) is 7.11 Å². The predicted molar refractivity (Wildman–Crippen MR) is 55.4 cm³/mol. The number of rotatable bonds is 2. The van der Waals surface area contributed by atoms with Crippen molar-refractivity contribution in [1.82, 2.24) is 0 Å². The Hall–Kier alpha value is -1.48. The minimum Gasteiger partial charge on any atom is -0.493 e. The van der Waals surface area contributed by atoms with Crippen molar-refractivity contribution in [3.05, 3.63) is 30.0 Å². The van der Waals surface area contributed by atoms with E-state index < -0.39 is 0 Å². The highest BCUT2D eigenvalue weighted by Crippen LogP contribution is 2.30. The molecule has 0 saturated heterocycles. The summed E-state index contributed by atoms with van der Waals surface area (Å²) in [6.07, 6.45) is 0. The summed E-state index contributed by atoms with van der Waals surface area (Å²) in [5.41, 5.74) is 6.50. The Labute approximate surface area is 82.5 Å². The Kier molecular flexibility index (Phi) is 2.17. The van der Waals surface area contributed by atoms with Gasteiger partial charge in [0, 0.05) is 5.39 Å². The zero-order valence-electron chi connectivity index (χ0n) is 8.28. The van der Waals surface area contributed by atoms with Crippen LogP contribution >= 0.6 is 0 Å². The highest BCUT2D eigenvalue weighted by molar-refractivity contribution is 5.83. The van der Waals surface area contributed by atoms with Crippen molar-refractivity contribution in [3.63, 3.8) is 0 Å². The molecule has 1 aromatic heterocycles. The molecule has 0 aliphatic heterocycles. The van der Waals surface area contributed by atoms with E-state index in [0.29, 0.717) is 0 Å². The van der Waals surface area contributed by atoms with E-state index in [1.54, 1.807) is 7.11 Å². The first-order chi connectivity index (χ1) is 6.72. The topological polar surface area (TPSA) is 48.4 Å². The molecule has 14 heavy (non-hydrogen) atoms. The quantitative estimate of drug-likeness (QED) is 0.793. The molecule has 0 aliphatic rings. The Morgan fingerprint density at radius 1 is 1.43 bits per heavy atom. The zero-order chi connectivity index (χ0) is 10.1. The maximum Gasteiger partial charge on any atom is 0.176 e. The van der Waals surface area contributed by atoms with Gasteiger partial charge in [-0.25, -0.2) is 0 Å². The minimum atomic E-state index is -0.0906. The number of hydrogen-bond donors (Lipinski definition) is 1. The fraction of sp³-hybridized carbons (Fsp3) is 0.273. The number of nitrogens with two attached hydrogens (primary N) is 1. The van der Waals surface area contributed by atoms with Gasteiger partial charge in [0.05, 0.1) is 13.2 Å². The SMILES string of the molecule is COc1cccc2cc(C(C)N)oc12. The Bertz CT molecular complexity index is 445. The van der Waals surface area contributed by atoms with Gasteiger partial charge in [-0.15, -0.1) is 0 Å². The number of hydrogen-bond acceptors (Lipinski definition) is 3. The van der Waals surface area contributed by atoms with Crippen molar-refractivity contribution in [2.45, 2.75) is 13.0 Å². The average molecular weight is 191 g/mol. The third-order valence-electron chi connectivity index (χ3n) is 2.20. The molecule has 1 heterocycles. The van der Waals surface area contributed by atoms with Gasteiger partial charge in [-0.1, -0.05) is 12.1 Å². The van der Waals surface area contributed by atoms with Crippen LogP contribution in [0.4, 0.5) is 0 Å². The van der Waals surface area contributed by atoms with Gasteiger partial charge < -0.3 is 14.9 Å². The fourth-order valence-electron chi connectivity index (χ4n) is 1.44. The Morgan fingerprint density at radius 3 is 2.86 bits per heavy atom. The molecule has 0 amide bonds. The summed E-state index contributed by atoms with van der Waals surface area (Å²) < 4.78 is 10.8. The number of para-hydroxylation sites is 1. The fourth-order valence-corrected chi connectivity index (χ4v) is 1.44. The molecule has 1 unspecified atom stereocenters. The van der Waals surface area contributed by atoms with Crippen LogP contribution in [0.3, 0.4) is 0 Å². The van der Waals surface area contributed by atoms with E-state index in [-0.39, 0.29) is 6.04 Å². The number of furan rings is 1. The standard InChI is InChI=1S/C11H13NO2/c1-7(12)10-6-8-4-3-5-9(13-2)11(8)14-10/h3-7H,12H2,1-2H3. The third-order valence-corrected chi connectivity index (χ3v) is 2.20. The van der Waals surface area contributed by atoms with Gasteiger partial charge in [0.2, 0.25) is 0 Å². The Balaban J connectivity index is 2.64. The molecule has 2 rings (SSSR count). The number of ether oxygens (including phenoxy) is 1. The molecule has 0 spiro atoms. The first kappa shape index (κ1) is 9.09. The summed E-state index contributed by atoms with van der Waals surface area (Å²) in [6, 6.07) is 7.64. The van der Waals surface area contributed by atoms with Crippen LogP contribution in [0.1, 0.15) is 18.7 Å². The van der Waals surface area contributed by atoms with E-state index >= 15 is 0 Å². The number of fused-ring (bicyclic) bond motifs is 1. The third kappa shape index (κ3) is 1.36. The van der Waals surface area contributed by atoms with Gasteiger partial charge in [0.25, 0.3) is 0 Å². The van der Waals surface area contributed by atoms with Crippen LogP contribution in [-0.2, 0) is 0 Å². The molecule has 3 heteroatoms. The number of benzene rings is 1. The molecule has 0 saturated carbocycles. The van der Waals surface area contributed by atoms with Gasteiger partial charge in [0.15, 0.2) is 11.3 Å². The van der Waals surface area contributed by atoms with Crippen molar-refractivity contribution in [3.8, 4) is 5.75 Å². The van der Waals surface area contributed by atoms with Crippen LogP contribution in [0.15, 0.2) is 28.7 Å². The summed E-state index contributed by atoms with van der Waals surface area (Å²) in [5.74, 6) is 1.53. The van der Waals surface area contributed by atoms with Crippen molar-refractivity contribution in [2.24, 2.45) is 5.73 Å². The maximum atomic E-state index is 5.73. The van der Waals surface area contributed by atoms with Crippen LogP contribution in [0.2, 0.25) is 0 Å². The summed E-state index contributed by atoms with van der Waals surface area (Å²) in [7, 11) is 1.63. The van der Waals surface area contributed by atoms with Gasteiger partial charge >= 0.3 is 0 Å². The molecule has 0 radical (unpaired) electrons. The smallest absolute Gasteiger partial charge is 0.176 e. The lowest BCUT2D eigenvalue weighted by atomic mass is 10.2. The molecule has 2 aromatic rings. The predicted octanol–water partition coefficient (Wildman–Crippen LogP) is 2.46. The summed E-state index contributed by atoms with van der Waals surface area (Å²) in [6.45, 7) is 1.89. The van der Waals surface area contributed by atoms with Crippen molar-refractivity contribution in [1.29, 1.82) is 0 Å². The second kappa shape index (κ2) is 3.35. The molecule has 0 fully saturated rings. The summed E-state index contributed by atoms with van der Waals surface area (Å²) in [5, 5.41) is 1.02. The largest absolute Gasteiger partial charge is 0.493 e. The normalized spacial score (nSPS) is 13.1. The number of methoxy groups -OCH3 is 1. The van der Waals surface area contributed by atoms with Crippen LogP contribution in [0.5, 0.6) is 5.75 Å². The van der Waals surface area contributed by atoms with Gasteiger partial charge in [0.1, 0.15) is 5.76 Å². The molecule has 1 aromatic carbocycles. The molecule has 1 atom stereocenters. The second-order valence-electron chi connectivity index (χ2n) is 3.32. The lowest BCUT2D eigenvalue weighted by molar-refractivity contribution is 0.405. The molecule has 2 N–H and O–H groups in total. The van der Waals surface area contributed by atoms with Crippen molar-refractivity contribution in [2.75, 3.05) is 7.11 Å². The van der Waals surface area contributed by atoms with Crippen molar-refractivity contribution < 1.29 is 9.15 Å². The first-order valence-electron chi connectivity index (χ1n) is 4.54. The lowest BCUT2D eigenvalue weighted by Crippen LogP contribution is -2.02. The molecular weight excluding hydrogens is 178 g/mol. The summed E-state index contributed by atoms with van der Waals surface area (Å²) >= 11 is 0. The van der Waals surface area contributed by atoms with Crippen LogP contribution in [0, 0.1) is 0 Å². The maximum absolute atomic E-state index is 5.73. The van der Waals surface area contributed by atoms with Gasteiger partial charge in [-0.2, -0.15) is 0 Å². The van der Waals surface area contributed by atoms with Crippen LogP contribution in [0.25, 0.3) is 11.0 Å². The summed E-state index contributed by atoms with van der Waals surface area (Å²) in [4.78, 5) is 0. The monoisotopic (exact) mass is 191 g/mol. The average Bonchev–Trinajstić information content (AvgIpc) is 2.60. The van der Waals surface area contributed by atoms with Crippen LogP contribution < -0.4 is 10.5 Å². The Morgan fingerprint density at radius 2 is 2.21 bits per heavy atom. The van der Waals surface area contributed by atoms with E-state index in [0.717, 1.165) is 22.5 Å². The van der Waals surface area contributed by atoms with E-state index in [1.807, 2.05) is 31.2 Å². The highest BCUT2D eigenvalue weighted by Gasteiger charge is 2.10. The first-order valence-corrected chi connectivity index (χ1v) is 4.54. The molecular formula is C11H13NO2. The van der Waals surface area contributed by atoms with E-state index in [2.05, 4.69) is 0 Å².